The summed E-state index contributed by atoms with van der Waals surface area (Å²) < 4.78 is 0. The number of nitrogens with zero attached hydrogens (tertiary/aromatic N) is 1. The number of hydrogen-bond donors (Lipinski definition) is 2. The van der Waals surface area contributed by atoms with Crippen molar-refractivity contribution < 1.29 is 9.59 Å². The number of carbonyl (C=O) groups is 2. The number of aryl methyl sites for hydroxylation is 1. The number of anilines is 1. The summed E-state index contributed by atoms with van der Waals surface area (Å²) in [6, 6.07) is 5.87. The fourth-order valence-electron chi connectivity index (χ4n) is 4.38. The molecule has 0 aromatic heterocycles. The maximum Gasteiger partial charge on any atom is 0.253 e. The van der Waals surface area contributed by atoms with Gasteiger partial charge in [-0.15, -0.1) is 12.4 Å². The van der Waals surface area contributed by atoms with Crippen LogP contribution in [-0.4, -0.2) is 35.8 Å². The van der Waals surface area contributed by atoms with Gasteiger partial charge in [0.15, 0.2) is 0 Å². The lowest BCUT2D eigenvalue weighted by atomic mass is 9.78. The lowest BCUT2D eigenvalue weighted by Gasteiger charge is -2.29. The third kappa shape index (κ3) is 3.03. The number of carbonyl (C=O) groups excluding carboxylic acids is 2. The Hall–Kier alpha value is -1.59. The van der Waals surface area contributed by atoms with Crippen LogP contribution in [0.2, 0.25) is 0 Å². The fourth-order valence-corrected chi connectivity index (χ4v) is 4.38. The highest BCUT2D eigenvalue weighted by Crippen LogP contribution is 2.36. The monoisotopic (exact) mass is 349 g/mol. The van der Waals surface area contributed by atoms with Crippen LogP contribution < -0.4 is 11.1 Å². The van der Waals surface area contributed by atoms with Crippen molar-refractivity contribution in [1.82, 2.24) is 4.90 Å². The maximum atomic E-state index is 12.8. The molecule has 130 valence electrons. The normalized spacial score (nSPS) is 28.5. The summed E-state index contributed by atoms with van der Waals surface area (Å²) in [4.78, 5) is 26.3. The van der Waals surface area contributed by atoms with Gasteiger partial charge in [-0.1, -0.05) is 6.42 Å². The van der Waals surface area contributed by atoms with E-state index in [9.17, 15) is 9.59 Å². The molecule has 0 radical (unpaired) electrons. The predicted molar refractivity (Wildman–Crippen MR) is 95.4 cm³/mol. The number of hydrogen-bond acceptors (Lipinski definition) is 3. The molecule has 2 aliphatic heterocycles. The SMILES string of the molecule is Cl.NC1CCCC2CN(C(=O)c3ccc4c(c3)CCC(=O)N4)CC12. The minimum Gasteiger partial charge on any atom is -0.338 e. The van der Waals surface area contributed by atoms with Crippen LogP contribution in [0.3, 0.4) is 0 Å². The van der Waals surface area contributed by atoms with Crippen LogP contribution in [0.4, 0.5) is 5.69 Å². The Labute approximate surface area is 148 Å². The van der Waals surface area contributed by atoms with Crippen LogP contribution in [0.25, 0.3) is 0 Å². The Morgan fingerprint density at radius 2 is 2.04 bits per heavy atom. The van der Waals surface area contributed by atoms with Crippen LogP contribution in [0.5, 0.6) is 0 Å². The maximum absolute atomic E-state index is 12.8. The molecule has 1 aromatic carbocycles. The molecule has 3 N–H and O–H groups in total. The molecule has 2 heterocycles. The van der Waals surface area contributed by atoms with Gasteiger partial charge in [0.25, 0.3) is 5.91 Å². The van der Waals surface area contributed by atoms with E-state index in [1.165, 1.54) is 12.8 Å². The molecule has 1 aromatic rings. The molecular weight excluding hydrogens is 326 g/mol. The van der Waals surface area contributed by atoms with Gasteiger partial charge in [0.05, 0.1) is 0 Å². The van der Waals surface area contributed by atoms with E-state index < -0.39 is 0 Å². The van der Waals surface area contributed by atoms with E-state index in [2.05, 4.69) is 5.32 Å². The molecule has 2 amide bonds. The van der Waals surface area contributed by atoms with Gasteiger partial charge in [0.2, 0.25) is 5.91 Å². The summed E-state index contributed by atoms with van der Waals surface area (Å²) in [6.45, 7) is 1.63. The molecule has 0 spiro atoms. The van der Waals surface area contributed by atoms with Gasteiger partial charge in [0, 0.05) is 36.8 Å². The summed E-state index contributed by atoms with van der Waals surface area (Å²) in [5.41, 5.74) is 8.88. The van der Waals surface area contributed by atoms with E-state index in [0.29, 0.717) is 24.7 Å². The van der Waals surface area contributed by atoms with Gasteiger partial charge >= 0.3 is 0 Å². The van der Waals surface area contributed by atoms with E-state index in [4.69, 9.17) is 5.73 Å². The average molecular weight is 350 g/mol. The van der Waals surface area contributed by atoms with Gasteiger partial charge in [-0.3, -0.25) is 9.59 Å². The number of benzene rings is 1. The summed E-state index contributed by atoms with van der Waals surface area (Å²) in [6.07, 6.45) is 4.66. The van der Waals surface area contributed by atoms with Gasteiger partial charge in [-0.05, 0) is 54.9 Å². The molecule has 24 heavy (non-hydrogen) atoms. The molecule has 1 saturated carbocycles. The van der Waals surface area contributed by atoms with Crippen molar-refractivity contribution in [2.45, 2.75) is 38.1 Å². The van der Waals surface area contributed by atoms with Gasteiger partial charge < -0.3 is 16.0 Å². The number of rotatable bonds is 1. The molecule has 5 nitrogen and oxygen atoms in total. The van der Waals surface area contributed by atoms with Crippen LogP contribution in [-0.2, 0) is 11.2 Å². The first-order valence-corrected chi connectivity index (χ1v) is 8.59. The van der Waals surface area contributed by atoms with Gasteiger partial charge in [-0.25, -0.2) is 0 Å². The second-order valence-electron chi connectivity index (χ2n) is 7.15. The largest absolute Gasteiger partial charge is 0.338 e. The molecule has 1 saturated heterocycles. The van der Waals surface area contributed by atoms with Crippen molar-refractivity contribution in [2.24, 2.45) is 17.6 Å². The minimum atomic E-state index is 0. The Morgan fingerprint density at radius 1 is 1.21 bits per heavy atom. The van der Waals surface area contributed by atoms with Crippen molar-refractivity contribution in [3.05, 3.63) is 29.3 Å². The number of amides is 2. The Kier molecular flexibility index (Phi) is 4.83. The topological polar surface area (TPSA) is 75.4 Å². The average Bonchev–Trinajstić information content (AvgIpc) is 2.99. The quantitative estimate of drug-likeness (QED) is 0.816. The molecular formula is C18H24ClN3O2. The zero-order valence-electron chi connectivity index (χ0n) is 13.7. The van der Waals surface area contributed by atoms with E-state index in [1.54, 1.807) is 0 Å². The zero-order valence-corrected chi connectivity index (χ0v) is 14.5. The lowest BCUT2D eigenvalue weighted by Crippen LogP contribution is -2.38. The first-order valence-electron chi connectivity index (χ1n) is 8.59. The summed E-state index contributed by atoms with van der Waals surface area (Å²) in [5.74, 6) is 1.18. The molecule has 0 bridgehead atoms. The summed E-state index contributed by atoms with van der Waals surface area (Å²) >= 11 is 0. The van der Waals surface area contributed by atoms with Crippen molar-refractivity contribution in [2.75, 3.05) is 18.4 Å². The summed E-state index contributed by atoms with van der Waals surface area (Å²) in [5, 5.41) is 2.86. The first-order chi connectivity index (χ1) is 11.1. The van der Waals surface area contributed by atoms with E-state index in [-0.39, 0.29) is 30.3 Å². The number of nitrogens with one attached hydrogen (secondary N) is 1. The van der Waals surface area contributed by atoms with Crippen LogP contribution in [0, 0.1) is 11.8 Å². The second-order valence-corrected chi connectivity index (χ2v) is 7.15. The number of halogens is 1. The van der Waals surface area contributed by atoms with Crippen molar-refractivity contribution >= 4 is 29.9 Å². The van der Waals surface area contributed by atoms with Crippen molar-refractivity contribution in [1.29, 1.82) is 0 Å². The smallest absolute Gasteiger partial charge is 0.253 e. The molecule has 4 rings (SSSR count). The molecule has 3 aliphatic rings. The zero-order chi connectivity index (χ0) is 16.0. The van der Waals surface area contributed by atoms with E-state index >= 15 is 0 Å². The van der Waals surface area contributed by atoms with E-state index in [1.807, 2.05) is 23.1 Å². The highest BCUT2D eigenvalue weighted by molar-refractivity contribution is 5.98. The first kappa shape index (κ1) is 17.2. The number of nitrogens with two attached hydrogens (primary N) is 1. The van der Waals surface area contributed by atoms with Crippen molar-refractivity contribution in [3.8, 4) is 0 Å². The van der Waals surface area contributed by atoms with Crippen LogP contribution in [0.1, 0.15) is 41.6 Å². The molecule has 6 heteroatoms. The Bertz CT molecular complexity index is 664. The highest BCUT2D eigenvalue weighted by atomic mass is 35.5. The predicted octanol–water partition coefficient (Wildman–Crippen LogP) is 2.19. The van der Waals surface area contributed by atoms with Crippen molar-refractivity contribution in [3.63, 3.8) is 0 Å². The third-order valence-corrected chi connectivity index (χ3v) is 5.69. The van der Waals surface area contributed by atoms with E-state index in [0.717, 1.165) is 36.3 Å². The molecule has 1 aliphatic carbocycles. The van der Waals surface area contributed by atoms with Crippen LogP contribution >= 0.6 is 12.4 Å². The molecule has 2 fully saturated rings. The highest BCUT2D eigenvalue weighted by Gasteiger charge is 2.40. The molecule has 3 unspecified atom stereocenters. The number of fused-ring (bicyclic) bond motifs is 2. The fraction of sp³-hybridized carbons (Fsp3) is 0.556. The van der Waals surface area contributed by atoms with Gasteiger partial charge in [0.1, 0.15) is 0 Å². The van der Waals surface area contributed by atoms with Crippen LogP contribution in [0.15, 0.2) is 18.2 Å². The summed E-state index contributed by atoms with van der Waals surface area (Å²) in [7, 11) is 0. The Morgan fingerprint density at radius 3 is 2.83 bits per heavy atom. The number of likely N-dealkylation sites (tertiary alicyclic amines) is 1. The Balaban J connectivity index is 0.00000169. The standard InChI is InChI=1S/C18H23N3O2.ClH/c19-15-3-1-2-13-9-21(10-14(13)15)18(23)12-4-6-16-11(8-12)5-7-17(22)20-16;/h4,6,8,13-15H,1-3,5,7,9-10,19H2,(H,20,22);1H. The lowest BCUT2D eigenvalue weighted by molar-refractivity contribution is -0.116. The third-order valence-electron chi connectivity index (χ3n) is 5.69. The second kappa shape index (κ2) is 6.73. The minimum absolute atomic E-state index is 0. The molecule has 3 atom stereocenters. The van der Waals surface area contributed by atoms with Gasteiger partial charge in [-0.2, -0.15) is 0 Å².